The fourth-order valence-electron chi connectivity index (χ4n) is 2.59. The van der Waals surface area contributed by atoms with Crippen molar-refractivity contribution < 1.29 is 19.4 Å². The van der Waals surface area contributed by atoms with Crippen molar-refractivity contribution in [3.8, 4) is 0 Å². The molecule has 2 aromatic rings. The number of rotatable bonds is 2. The molecule has 0 atom stereocenters. The molecular weight excluding hydrogens is 326 g/mol. The van der Waals surface area contributed by atoms with Crippen LogP contribution in [0.3, 0.4) is 0 Å². The van der Waals surface area contributed by atoms with Crippen molar-refractivity contribution in [1.82, 2.24) is 19.5 Å². The van der Waals surface area contributed by atoms with E-state index in [0.29, 0.717) is 31.8 Å². The first-order valence-electron chi connectivity index (χ1n) is 8.05. The van der Waals surface area contributed by atoms with Gasteiger partial charge in [-0.3, -0.25) is 0 Å². The summed E-state index contributed by atoms with van der Waals surface area (Å²) >= 11 is 0. The Morgan fingerprint density at radius 3 is 2.48 bits per heavy atom. The van der Waals surface area contributed by atoms with E-state index in [9.17, 15) is 9.59 Å². The molecule has 1 amide bonds. The number of anilines is 1. The molecule has 134 valence electrons. The van der Waals surface area contributed by atoms with Crippen molar-refractivity contribution >= 4 is 23.5 Å². The van der Waals surface area contributed by atoms with Crippen LogP contribution in [0, 0.1) is 0 Å². The summed E-state index contributed by atoms with van der Waals surface area (Å²) in [5.41, 5.74) is -0.0751. The molecule has 9 nitrogen and oxygen atoms in total. The highest BCUT2D eigenvalue weighted by Gasteiger charge is 2.26. The number of carboxylic acid groups (broad SMARTS) is 1. The summed E-state index contributed by atoms with van der Waals surface area (Å²) < 4.78 is 6.82. The molecule has 0 aromatic carbocycles. The number of hydrogen-bond acceptors (Lipinski definition) is 6. The quantitative estimate of drug-likeness (QED) is 0.878. The second kappa shape index (κ2) is 6.23. The number of piperazine rings is 1. The summed E-state index contributed by atoms with van der Waals surface area (Å²) in [5, 5.41) is 12.9. The first kappa shape index (κ1) is 17.0. The van der Waals surface area contributed by atoms with Gasteiger partial charge in [-0.2, -0.15) is 5.10 Å². The molecule has 3 rings (SSSR count). The third-order valence-electron chi connectivity index (χ3n) is 3.78. The highest BCUT2D eigenvalue weighted by molar-refractivity contribution is 5.86. The molecule has 25 heavy (non-hydrogen) atoms. The first-order valence-corrected chi connectivity index (χ1v) is 8.05. The summed E-state index contributed by atoms with van der Waals surface area (Å²) in [6.45, 7) is 7.87. The van der Waals surface area contributed by atoms with Crippen LogP contribution in [-0.2, 0) is 4.74 Å². The zero-order chi connectivity index (χ0) is 18.2. The minimum atomic E-state index is -1.09. The Morgan fingerprint density at radius 2 is 1.88 bits per heavy atom. The van der Waals surface area contributed by atoms with Gasteiger partial charge in [0.1, 0.15) is 11.4 Å². The van der Waals surface area contributed by atoms with Crippen molar-refractivity contribution in [2.24, 2.45) is 0 Å². The standard InChI is InChI=1S/C16H21N5O4/c1-16(2,3)25-15(24)20-8-6-19(7-9-20)12-4-5-21-13(17-12)10-11(18-21)14(22)23/h4-5,10H,6-9H2,1-3H3,(H,22,23). The summed E-state index contributed by atoms with van der Waals surface area (Å²) in [6.07, 6.45) is 1.38. The Kier molecular flexibility index (Phi) is 4.23. The second-order valence-electron chi connectivity index (χ2n) is 6.88. The molecular formula is C16H21N5O4. The minimum absolute atomic E-state index is 0.0422. The van der Waals surface area contributed by atoms with Gasteiger partial charge >= 0.3 is 12.1 Å². The van der Waals surface area contributed by atoms with Crippen molar-refractivity contribution in [3.63, 3.8) is 0 Å². The Hall–Kier alpha value is -2.84. The Labute approximate surface area is 144 Å². The lowest BCUT2D eigenvalue weighted by molar-refractivity contribution is 0.0240. The van der Waals surface area contributed by atoms with E-state index >= 15 is 0 Å². The highest BCUT2D eigenvalue weighted by Crippen LogP contribution is 2.17. The predicted molar refractivity (Wildman–Crippen MR) is 90.0 cm³/mol. The fraction of sp³-hybridized carbons (Fsp3) is 0.500. The molecule has 0 unspecified atom stereocenters. The average Bonchev–Trinajstić information content (AvgIpc) is 2.97. The maximum Gasteiger partial charge on any atom is 0.410 e. The van der Waals surface area contributed by atoms with Crippen LogP contribution in [0.25, 0.3) is 5.65 Å². The molecule has 1 N–H and O–H groups in total. The van der Waals surface area contributed by atoms with E-state index in [1.54, 1.807) is 17.2 Å². The van der Waals surface area contributed by atoms with Crippen LogP contribution in [0.1, 0.15) is 31.3 Å². The van der Waals surface area contributed by atoms with Gasteiger partial charge in [0.25, 0.3) is 0 Å². The summed E-state index contributed by atoms with van der Waals surface area (Å²) in [7, 11) is 0. The van der Waals surface area contributed by atoms with Gasteiger partial charge in [0.15, 0.2) is 11.3 Å². The lowest BCUT2D eigenvalue weighted by atomic mass is 10.2. The number of fused-ring (bicyclic) bond motifs is 1. The van der Waals surface area contributed by atoms with Crippen molar-refractivity contribution in [2.45, 2.75) is 26.4 Å². The van der Waals surface area contributed by atoms with Gasteiger partial charge in [-0.1, -0.05) is 0 Å². The van der Waals surface area contributed by atoms with E-state index in [2.05, 4.69) is 10.1 Å². The zero-order valence-corrected chi connectivity index (χ0v) is 14.5. The number of amides is 1. The van der Waals surface area contributed by atoms with Crippen LogP contribution >= 0.6 is 0 Å². The van der Waals surface area contributed by atoms with Gasteiger partial charge in [-0.05, 0) is 26.8 Å². The van der Waals surface area contributed by atoms with Crippen LogP contribution in [0.4, 0.5) is 10.6 Å². The number of hydrogen-bond donors (Lipinski definition) is 1. The number of aromatic carboxylic acids is 1. The van der Waals surface area contributed by atoms with Gasteiger partial charge in [0, 0.05) is 38.4 Å². The SMILES string of the molecule is CC(C)(C)OC(=O)N1CCN(c2ccn3nc(C(=O)O)cc3n2)CC1. The van der Waals surface area contributed by atoms with Crippen LogP contribution in [-0.4, -0.2) is 68.4 Å². The highest BCUT2D eigenvalue weighted by atomic mass is 16.6. The number of ether oxygens (including phenoxy) is 1. The maximum absolute atomic E-state index is 12.1. The molecule has 9 heteroatoms. The number of nitrogens with zero attached hydrogens (tertiary/aromatic N) is 5. The topological polar surface area (TPSA) is 100 Å². The van der Waals surface area contributed by atoms with Crippen LogP contribution < -0.4 is 4.90 Å². The lowest BCUT2D eigenvalue weighted by Crippen LogP contribution is -2.50. The van der Waals surface area contributed by atoms with Crippen molar-refractivity contribution in [2.75, 3.05) is 31.1 Å². The number of carbonyl (C=O) groups is 2. The molecule has 0 saturated carbocycles. The van der Waals surface area contributed by atoms with E-state index in [-0.39, 0.29) is 11.8 Å². The average molecular weight is 347 g/mol. The first-order chi connectivity index (χ1) is 11.7. The fourth-order valence-corrected chi connectivity index (χ4v) is 2.59. The van der Waals surface area contributed by atoms with Gasteiger partial charge in [0.05, 0.1) is 0 Å². The molecule has 0 spiro atoms. The molecule has 1 fully saturated rings. The number of aromatic nitrogens is 3. The molecule has 1 aliphatic heterocycles. The van der Waals surface area contributed by atoms with Gasteiger partial charge in [0.2, 0.25) is 0 Å². The molecule has 1 aliphatic rings. The predicted octanol–water partition coefficient (Wildman–Crippen LogP) is 1.48. The van der Waals surface area contributed by atoms with E-state index in [1.807, 2.05) is 25.7 Å². The molecule has 0 bridgehead atoms. The van der Waals surface area contributed by atoms with Crippen LogP contribution in [0.5, 0.6) is 0 Å². The van der Waals surface area contributed by atoms with Crippen LogP contribution in [0.15, 0.2) is 18.3 Å². The Bertz CT molecular complexity index is 802. The van der Waals surface area contributed by atoms with Crippen LogP contribution in [0.2, 0.25) is 0 Å². The minimum Gasteiger partial charge on any atom is -0.476 e. The molecule has 0 aliphatic carbocycles. The third-order valence-corrected chi connectivity index (χ3v) is 3.78. The summed E-state index contributed by atoms with van der Waals surface area (Å²) in [6, 6.07) is 3.22. The van der Waals surface area contributed by atoms with Crippen molar-refractivity contribution in [3.05, 3.63) is 24.0 Å². The Morgan fingerprint density at radius 1 is 1.20 bits per heavy atom. The van der Waals surface area contributed by atoms with E-state index in [1.165, 1.54) is 10.6 Å². The smallest absolute Gasteiger partial charge is 0.410 e. The molecule has 0 radical (unpaired) electrons. The second-order valence-corrected chi connectivity index (χ2v) is 6.88. The monoisotopic (exact) mass is 347 g/mol. The summed E-state index contributed by atoms with van der Waals surface area (Å²) in [4.78, 5) is 31.3. The number of carboxylic acids is 1. The normalized spacial score (nSPS) is 15.5. The Balaban J connectivity index is 1.67. The van der Waals surface area contributed by atoms with Gasteiger partial charge < -0.3 is 19.6 Å². The molecule has 3 heterocycles. The van der Waals surface area contributed by atoms with Gasteiger partial charge in [-0.25, -0.2) is 19.1 Å². The lowest BCUT2D eigenvalue weighted by Gasteiger charge is -2.36. The zero-order valence-electron chi connectivity index (χ0n) is 14.5. The molecule has 1 saturated heterocycles. The number of carbonyl (C=O) groups excluding carboxylic acids is 1. The van der Waals surface area contributed by atoms with E-state index < -0.39 is 11.6 Å². The third kappa shape index (κ3) is 3.81. The summed E-state index contributed by atoms with van der Waals surface area (Å²) in [5.74, 6) is -0.355. The van der Waals surface area contributed by atoms with E-state index in [0.717, 1.165) is 5.82 Å². The largest absolute Gasteiger partial charge is 0.476 e. The van der Waals surface area contributed by atoms with Crippen molar-refractivity contribution in [1.29, 1.82) is 0 Å². The van der Waals surface area contributed by atoms with E-state index in [4.69, 9.17) is 9.84 Å². The molecule has 2 aromatic heterocycles. The van der Waals surface area contributed by atoms with Gasteiger partial charge in [-0.15, -0.1) is 0 Å². The maximum atomic E-state index is 12.1.